The van der Waals surface area contributed by atoms with Crippen molar-refractivity contribution < 1.29 is 9.90 Å². The minimum Gasteiger partial charge on any atom is -0.381 e. The lowest BCUT2D eigenvalue weighted by Gasteiger charge is -2.23. The van der Waals surface area contributed by atoms with Crippen molar-refractivity contribution in [1.82, 2.24) is 0 Å². The highest BCUT2D eigenvalue weighted by molar-refractivity contribution is 6.01. The first-order chi connectivity index (χ1) is 10.7. The molecule has 0 saturated heterocycles. The largest absolute Gasteiger partial charge is 0.381 e. The Hall–Kier alpha value is -2.59. The molecule has 2 N–H and O–H groups in total. The smallest absolute Gasteiger partial charge is 0.258 e. The Bertz CT molecular complexity index is 684. The molecule has 2 aromatic carbocycles. The van der Waals surface area contributed by atoms with Gasteiger partial charge in [0, 0.05) is 6.54 Å². The van der Waals surface area contributed by atoms with Crippen LogP contribution >= 0.6 is 0 Å². The highest BCUT2D eigenvalue weighted by Crippen LogP contribution is 2.35. The van der Waals surface area contributed by atoms with Gasteiger partial charge in [0.05, 0.1) is 17.4 Å². The van der Waals surface area contributed by atoms with E-state index in [2.05, 4.69) is 11.9 Å². The monoisotopic (exact) mass is 294 g/mol. The number of aliphatic hydroxyl groups excluding tert-OH is 1. The van der Waals surface area contributed by atoms with Crippen LogP contribution in [0.2, 0.25) is 0 Å². The van der Waals surface area contributed by atoms with Gasteiger partial charge in [-0.2, -0.15) is 0 Å². The Morgan fingerprint density at radius 3 is 2.55 bits per heavy atom. The quantitative estimate of drug-likeness (QED) is 0.856. The van der Waals surface area contributed by atoms with Crippen LogP contribution in [-0.4, -0.2) is 23.7 Å². The van der Waals surface area contributed by atoms with E-state index < -0.39 is 12.1 Å². The summed E-state index contributed by atoms with van der Waals surface area (Å²) in [5, 5.41) is 13.8. The first-order valence-electron chi connectivity index (χ1n) is 7.23. The molecule has 0 radical (unpaired) electrons. The van der Waals surface area contributed by atoms with Crippen LogP contribution in [0.4, 0.5) is 11.4 Å². The van der Waals surface area contributed by atoms with Crippen LogP contribution in [0.15, 0.2) is 67.3 Å². The van der Waals surface area contributed by atoms with E-state index >= 15 is 0 Å². The van der Waals surface area contributed by atoms with Gasteiger partial charge in [-0.05, 0) is 17.7 Å². The molecule has 1 heterocycles. The summed E-state index contributed by atoms with van der Waals surface area (Å²) in [6.45, 7) is 4.06. The lowest BCUT2D eigenvalue weighted by molar-refractivity contribution is -0.127. The van der Waals surface area contributed by atoms with Crippen LogP contribution < -0.4 is 10.2 Å². The molecule has 4 nitrogen and oxygen atoms in total. The Kier molecular flexibility index (Phi) is 3.94. The second kappa shape index (κ2) is 6.03. The summed E-state index contributed by atoms with van der Waals surface area (Å²) >= 11 is 0. The van der Waals surface area contributed by atoms with Gasteiger partial charge in [0.2, 0.25) is 0 Å². The van der Waals surface area contributed by atoms with Crippen LogP contribution in [0.5, 0.6) is 0 Å². The second-order valence-electron chi connectivity index (χ2n) is 5.23. The van der Waals surface area contributed by atoms with Crippen molar-refractivity contribution >= 4 is 17.3 Å². The van der Waals surface area contributed by atoms with Crippen molar-refractivity contribution in [3.05, 3.63) is 72.8 Å². The molecule has 3 rings (SSSR count). The highest BCUT2D eigenvalue weighted by atomic mass is 16.3. The number of nitrogens with zero attached hydrogens (tertiary/aromatic N) is 1. The number of anilines is 2. The van der Waals surface area contributed by atoms with E-state index in [9.17, 15) is 9.90 Å². The summed E-state index contributed by atoms with van der Waals surface area (Å²) in [5.41, 5.74) is 2.45. The minimum absolute atomic E-state index is 0.328. The van der Waals surface area contributed by atoms with Crippen molar-refractivity contribution in [1.29, 1.82) is 0 Å². The van der Waals surface area contributed by atoms with Crippen LogP contribution in [-0.2, 0) is 4.79 Å². The fourth-order valence-corrected chi connectivity index (χ4v) is 2.74. The van der Waals surface area contributed by atoms with Gasteiger partial charge in [-0.3, -0.25) is 4.79 Å². The van der Waals surface area contributed by atoms with E-state index in [1.165, 1.54) is 0 Å². The maximum atomic E-state index is 12.7. The summed E-state index contributed by atoms with van der Waals surface area (Å²) in [6, 6.07) is 16.6. The third-order valence-electron chi connectivity index (χ3n) is 3.81. The Morgan fingerprint density at radius 2 is 1.82 bits per heavy atom. The molecule has 0 aromatic heterocycles. The number of benzene rings is 2. The van der Waals surface area contributed by atoms with Crippen molar-refractivity contribution in [2.24, 2.45) is 0 Å². The number of nitrogens with one attached hydrogen (secondary N) is 1. The molecular weight excluding hydrogens is 276 g/mol. The third kappa shape index (κ3) is 2.49. The average molecular weight is 294 g/mol. The molecule has 0 spiro atoms. The summed E-state index contributed by atoms with van der Waals surface area (Å²) in [6.07, 6.45) is 0.499. The number of carbonyl (C=O) groups excluding carboxylic acids is 1. The van der Waals surface area contributed by atoms with Crippen molar-refractivity contribution in [2.45, 2.75) is 12.1 Å². The molecule has 1 aliphatic rings. The second-order valence-corrected chi connectivity index (χ2v) is 5.23. The number of hydrogen-bond donors (Lipinski definition) is 2. The van der Waals surface area contributed by atoms with Crippen molar-refractivity contribution in [3.8, 4) is 0 Å². The number of aliphatic hydroxyl groups is 1. The highest BCUT2D eigenvalue weighted by Gasteiger charge is 2.35. The summed E-state index contributed by atoms with van der Waals surface area (Å²) in [7, 11) is 0. The topological polar surface area (TPSA) is 52.6 Å². The van der Waals surface area contributed by atoms with Gasteiger partial charge in [-0.25, -0.2) is 0 Å². The molecule has 0 saturated carbocycles. The first-order valence-corrected chi connectivity index (χ1v) is 7.23. The van der Waals surface area contributed by atoms with Crippen LogP contribution in [0.25, 0.3) is 0 Å². The number of fused-ring (bicyclic) bond motifs is 1. The number of amides is 1. The van der Waals surface area contributed by atoms with Crippen LogP contribution in [0.1, 0.15) is 11.6 Å². The summed E-state index contributed by atoms with van der Waals surface area (Å²) in [5.74, 6) is -0.328. The fraction of sp³-hybridized carbons (Fsp3) is 0.167. The lowest BCUT2D eigenvalue weighted by Crippen LogP contribution is -2.41. The number of hydrogen-bond acceptors (Lipinski definition) is 3. The summed E-state index contributed by atoms with van der Waals surface area (Å²) < 4.78 is 0. The van der Waals surface area contributed by atoms with Gasteiger partial charge in [0.25, 0.3) is 5.91 Å². The zero-order valence-corrected chi connectivity index (χ0v) is 12.1. The van der Waals surface area contributed by atoms with Gasteiger partial charge in [0.15, 0.2) is 6.10 Å². The van der Waals surface area contributed by atoms with E-state index in [-0.39, 0.29) is 5.91 Å². The van der Waals surface area contributed by atoms with Gasteiger partial charge in [-0.1, -0.05) is 48.5 Å². The molecule has 0 unspecified atom stereocenters. The molecule has 0 fully saturated rings. The Balaban J connectivity index is 2.08. The Labute approximate surface area is 129 Å². The molecule has 22 heavy (non-hydrogen) atoms. The molecule has 0 aliphatic carbocycles. The molecule has 1 amide bonds. The van der Waals surface area contributed by atoms with E-state index in [0.717, 1.165) is 16.9 Å². The maximum Gasteiger partial charge on any atom is 0.258 e. The standard InChI is InChI=1S/C18H18N2O2/c1-2-12-20-15-11-7-6-10-14(15)19-16(17(21)18(20)22)13-8-4-3-5-9-13/h2-11,16-17,19,21H,1,12H2/t16-,17-/m1/s1. The number of carbonyl (C=O) groups is 1. The number of rotatable bonds is 3. The van der Waals surface area contributed by atoms with Gasteiger partial charge in [-0.15, -0.1) is 6.58 Å². The fourth-order valence-electron chi connectivity index (χ4n) is 2.74. The Morgan fingerprint density at radius 1 is 1.14 bits per heavy atom. The molecule has 2 atom stereocenters. The first kappa shape index (κ1) is 14.4. The zero-order chi connectivity index (χ0) is 15.5. The third-order valence-corrected chi connectivity index (χ3v) is 3.81. The van der Waals surface area contributed by atoms with E-state index in [4.69, 9.17) is 0 Å². The predicted octanol–water partition coefficient (Wildman–Crippen LogP) is 2.73. The SMILES string of the molecule is C=CCN1C(=O)[C@H](O)[C@@H](c2ccccc2)Nc2ccccc21. The minimum atomic E-state index is -1.16. The molecule has 2 aromatic rings. The summed E-state index contributed by atoms with van der Waals surface area (Å²) in [4.78, 5) is 14.2. The molecule has 1 aliphatic heterocycles. The van der Waals surface area contributed by atoms with E-state index in [0.29, 0.717) is 6.54 Å². The normalized spacial score (nSPS) is 20.8. The average Bonchev–Trinajstić information content (AvgIpc) is 2.67. The lowest BCUT2D eigenvalue weighted by atomic mass is 10.0. The van der Waals surface area contributed by atoms with E-state index in [1.54, 1.807) is 11.0 Å². The molecule has 0 bridgehead atoms. The molecule has 4 heteroatoms. The maximum absolute atomic E-state index is 12.7. The van der Waals surface area contributed by atoms with Crippen LogP contribution in [0.3, 0.4) is 0 Å². The zero-order valence-electron chi connectivity index (χ0n) is 12.1. The van der Waals surface area contributed by atoms with Crippen molar-refractivity contribution in [3.63, 3.8) is 0 Å². The van der Waals surface area contributed by atoms with Gasteiger partial charge in [0.1, 0.15) is 0 Å². The predicted molar refractivity (Wildman–Crippen MR) is 87.8 cm³/mol. The molecular formula is C18H18N2O2. The van der Waals surface area contributed by atoms with Crippen molar-refractivity contribution in [2.75, 3.05) is 16.8 Å². The van der Waals surface area contributed by atoms with Gasteiger partial charge >= 0.3 is 0 Å². The number of para-hydroxylation sites is 2. The van der Waals surface area contributed by atoms with E-state index in [1.807, 2.05) is 54.6 Å². The molecule has 112 valence electrons. The van der Waals surface area contributed by atoms with Crippen LogP contribution in [0, 0.1) is 0 Å². The van der Waals surface area contributed by atoms with Gasteiger partial charge < -0.3 is 15.3 Å².